The predicted molar refractivity (Wildman–Crippen MR) is 58.4 cm³/mol. The minimum atomic E-state index is 0.826. The van der Waals surface area contributed by atoms with Crippen LogP contribution in [0.5, 0.6) is 0 Å². The maximum Gasteiger partial charge on any atom is 0.0223 e. The molecule has 0 aliphatic heterocycles. The molecule has 0 radical (unpaired) electrons. The van der Waals surface area contributed by atoms with Gasteiger partial charge in [0.05, 0.1) is 0 Å². The first-order valence-corrected chi connectivity index (χ1v) is 6.10. The first-order valence-electron chi connectivity index (χ1n) is 5.03. The van der Waals surface area contributed by atoms with E-state index in [1.54, 1.807) is 0 Å². The van der Waals surface area contributed by atoms with Crippen LogP contribution in [-0.2, 0) is 0 Å². The summed E-state index contributed by atoms with van der Waals surface area (Å²) in [7, 11) is 0. The van der Waals surface area contributed by atoms with Gasteiger partial charge in [-0.15, -0.1) is 23.2 Å². The summed E-state index contributed by atoms with van der Waals surface area (Å²) in [5, 5.41) is 0. The minimum absolute atomic E-state index is 0.826. The van der Waals surface area contributed by atoms with Crippen LogP contribution in [0, 0.1) is 0 Å². The fourth-order valence-electron chi connectivity index (χ4n) is 1.25. The zero-order chi connectivity index (χ0) is 9.07. The highest BCUT2D eigenvalue weighted by molar-refractivity contribution is 6.18. The molecule has 12 heavy (non-hydrogen) atoms. The van der Waals surface area contributed by atoms with E-state index in [1.807, 2.05) is 0 Å². The van der Waals surface area contributed by atoms with Crippen LogP contribution in [0.3, 0.4) is 0 Å². The van der Waals surface area contributed by atoms with Crippen LogP contribution >= 0.6 is 23.2 Å². The van der Waals surface area contributed by atoms with Crippen LogP contribution in [0.15, 0.2) is 0 Å². The third-order valence-electron chi connectivity index (χ3n) is 2.02. The highest BCUT2D eigenvalue weighted by Gasteiger charge is 1.90. The van der Waals surface area contributed by atoms with E-state index in [4.69, 9.17) is 23.2 Å². The maximum absolute atomic E-state index is 5.57. The first kappa shape index (κ1) is 12.6. The Hall–Kier alpha value is 0.580. The second-order valence-corrected chi connectivity index (χ2v) is 3.96. The van der Waals surface area contributed by atoms with Crippen molar-refractivity contribution >= 4 is 23.2 Å². The third-order valence-corrected chi connectivity index (χ3v) is 2.55. The number of hydrogen-bond donors (Lipinski definition) is 0. The quantitative estimate of drug-likeness (QED) is 0.386. The molecule has 0 spiro atoms. The fraction of sp³-hybridized carbons (Fsp3) is 1.00. The minimum Gasteiger partial charge on any atom is -0.127 e. The standard InChI is InChI=1S/C10H20Cl2/c11-9-7-5-3-1-2-4-6-8-10-12/h1-10H2. The Kier molecular flexibility index (Phi) is 12.1. The molecule has 0 amide bonds. The summed E-state index contributed by atoms with van der Waals surface area (Å²) in [6.45, 7) is 0. The Morgan fingerprint density at radius 2 is 0.667 bits per heavy atom. The number of unbranched alkanes of at least 4 members (excludes halogenated alkanes) is 7. The lowest BCUT2D eigenvalue weighted by molar-refractivity contribution is 0.587. The van der Waals surface area contributed by atoms with Gasteiger partial charge in [0.2, 0.25) is 0 Å². The van der Waals surface area contributed by atoms with Gasteiger partial charge < -0.3 is 0 Å². The van der Waals surface area contributed by atoms with Crippen molar-refractivity contribution in [2.45, 2.75) is 51.4 Å². The molecule has 0 nitrogen and oxygen atoms in total. The third kappa shape index (κ3) is 10.6. The second kappa shape index (κ2) is 11.6. The van der Waals surface area contributed by atoms with Crippen LogP contribution in [0.25, 0.3) is 0 Å². The molecule has 0 aliphatic carbocycles. The van der Waals surface area contributed by atoms with Crippen LogP contribution in [0.1, 0.15) is 51.4 Å². The maximum atomic E-state index is 5.57. The zero-order valence-corrected chi connectivity index (χ0v) is 9.34. The lowest BCUT2D eigenvalue weighted by Crippen LogP contribution is -1.82. The summed E-state index contributed by atoms with van der Waals surface area (Å²) in [4.78, 5) is 0. The lowest BCUT2D eigenvalue weighted by atomic mass is 10.1. The highest BCUT2D eigenvalue weighted by Crippen LogP contribution is 2.09. The Morgan fingerprint density at radius 3 is 0.917 bits per heavy atom. The molecular formula is C10H20Cl2. The molecule has 0 aliphatic rings. The molecule has 0 aromatic heterocycles. The van der Waals surface area contributed by atoms with Crippen LogP contribution in [0.4, 0.5) is 0 Å². The van der Waals surface area contributed by atoms with Gasteiger partial charge in [-0.2, -0.15) is 0 Å². The number of rotatable bonds is 9. The average Bonchev–Trinajstić information content (AvgIpc) is 2.10. The van der Waals surface area contributed by atoms with Gasteiger partial charge in [0.25, 0.3) is 0 Å². The van der Waals surface area contributed by atoms with Crippen molar-refractivity contribution in [3.63, 3.8) is 0 Å². The van der Waals surface area contributed by atoms with Gasteiger partial charge in [0.1, 0.15) is 0 Å². The zero-order valence-electron chi connectivity index (χ0n) is 7.83. The van der Waals surface area contributed by atoms with Gasteiger partial charge in [-0.1, -0.05) is 38.5 Å². The molecule has 0 aromatic rings. The molecule has 0 N–H and O–H groups in total. The van der Waals surface area contributed by atoms with E-state index in [9.17, 15) is 0 Å². The van der Waals surface area contributed by atoms with Crippen molar-refractivity contribution in [3.05, 3.63) is 0 Å². The van der Waals surface area contributed by atoms with Gasteiger partial charge >= 0.3 is 0 Å². The fourth-order valence-corrected chi connectivity index (χ4v) is 1.63. The molecule has 0 saturated heterocycles. The molecule has 0 rings (SSSR count). The van der Waals surface area contributed by atoms with Crippen molar-refractivity contribution in [2.24, 2.45) is 0 Å². The molecule has 0 bridgehead atoms. The largest absolute Gasteiger partial charge is 0.127 e. The monoisotopic (exact) mass is 210 g/mol. The van der Waals surface area contributed by atoms with Gasteiger partial charge in [-0.3, -0.25) is 0 Å². The number of hydrogen-bond acceptors (Lipinski definition) is 0. The molecule has 0 unspecified atom stereocenters. The topological polar surface area (TPSA) is 0 Å². The SMILES string of the molecule is ClCCCCCCCCCCCl. The van der Waals surface area contributed by atoms with Gasteiger partial charge in [0.15, 0.2) is 0 Å². The van der Waals surface area contributed by atoms with Crippen molar-refractivity contribution in [1.29, 1.82) is 0 Å². The van der Waals surface area contributed by atoms with Crippen molar-refractivity contribution in [1.82, 2.24) is 0 Å². The number of alkyl halides is 2. The average molecular weight is 211 g/mol. The van der Waals surface area contributed by atoms with E-state index in [2.05, 4.69) is 0 Å². The summed E-state index contributed by atoms with van der Waals surface area (Å²) in [6.07, 6.45) is 10.4. The summed E-state index contributed by atoms with van der Waals surface area (Å²) in [5.74, 6) is 1.65. The van der Waals surface area contributed by atoms with Crippen molar-refractivity contribution < 1.29 is 0 Å². The van der Waals surface area contributed by atoms with Gasteiger partial charge in [-0.05, 0) is 12.8 Å². The van der Waals surface area contributed by atoms with Gasteiger partial charge in [0, 0.05) is 11.8 Å². The van der Waals surface area contributed by atoms with Gasteiger partial charge in [-0.25, -0.2) is 0 Å². The summed E-state index contributed by atoms with van der Waals surface area (Å²) in [5.41, 5.74) is 0. The Morgan fingerprint density at radius 1 is 0.417 bits per heavy atom. The molecule has 0 saturated carbocycles. The summed E-state index contributed by atoms with van der Waals surface area (Å²) >= 11 is 11.1. The van der Waals surface area contributed by atoms with E-state index in [0.717, 1.165) is 11.8 Å². The Balaban J connectivity index is 2.73. The molecule has 0 atom stereocenters. The first-order chi connectivity index (χ1) is 5.91. The predicted octanol–water partition coefficient (Wildman–Crippen LogP) is 4.58. The van der Waals surface area contributed by atoms with Crippen LogP contribution in [0.2, 0.25) is 0 Å². The van der Waals surface area contributed by atoms with Crippen LogP contribution in [-0.4, -0.2) is 11.8 Å². The van der Waals surface area contributed by atoms with E-state index in [1.165, 1.54) is 51.4 Å². The van der Waals surface area contributed by atoms with E-state index >= 15 is 0 Å². The molecule has 0 heterocycles. The molecular weight excluding hydrogens is 191 g/mol. The Labute approximate surface area is 86.6 Å². The van der Waals surface area contributed by atoms with E-state index in [-0.39, 0.29) is 0 Å². The van der Waals surface area contributed by atoms with E-state index < -0.39 is 0 Å². The molecule has 0 aromatic carbocycles. The van der Waals surface area contributed by atoms with E-state index in [0.29, 0.717) is 0 Å². The van der Waals surface area contributed by atoms with Crippen molar-refractivity contribution in [3.8, 4) is 0 Å². The molecule has 0 fully saturated rings. The van der Waals surface area contributed by atoms with Crippen molar-refractivity contribution in [2.75, 3.05) is 11.8 Å². The number of halogens is 2. The highest BCUT2D eigenvalue weighted by atomic mass is 35.5. The Bertz CT molecular complexity index is 64.2. The molecule has 2 heteroatoms. The lowest BCUT2D eigenvalue weighted by Gasteiger charge is -1.99. The van der Waals surface area contributed by atoms with Crippen LogP contribution < -0.4 is 0 Å². The summed E-state index contributed by atoms with van der Waals surface area (Å²) < 4.78 is 0. The summed E-state index contributed by atoms with van der Waals surface area (Å²) in [6, 6.07) is 0. The normalized spacial score (nSPS) is 10.5. The second-order valence-electron chi connectivity index (χ2n) is 3.21. The smallest absolute Gasteiger partial charge is 0.0223 e. The molecule has 74 valence electrons.